The Kier molecular flexibility index (Phi) is 6.22. The third-order valence-electron chi connectivity index (χ3n) is 4.23. The van der Waals surface area contributed by atoms with Crippen molar-refractivity contribution in [1.29, 1.82) is 0 Å². The van der Waals surface area contributed by atoms with Gasteiger partial charge < -0.3 is 19.9 Å². The molecule has 6 nitrogen and oxygen atoms in total. The second kappa shape index (κ2) is 9.01. The lowest BCUT2D eigenvalue weighted by molar-refractivity contribution is 0.0863. The maximum absolute atomic E-state index is 12.7. The summed E-state index contributed by atoms with van der Waals surface area (Å²) in [5, 5.41) is 2.69. The smallest absolute Gasteiger partial charge is 0.322 e. The van der Waals surface area contributed by atoms with E-state index in [0.29, 0.717) is 13.1 Å². The summed E-state index contributed by atoms with van der Waals surface area (Å²) in [6.45, 7) is 1.67. The maximum Gasteiger partial charge on any atom is 0.322 e. The second-order valence-electron chi connectivity index (χ2n) is 6.20. The average Bonchev–Trinajstić information content (AvgIpc) is 3.17. The van der Waals surface area contributed by atoms with Crippen LogP contribution in [0.2, 0.25) is 0 Å². The van der Waals surface area contributed by atoms with Gasteiger partial charge in [-0.1, -0.05) is 42.5 Å². The van der Waals surface area contributed by atoms with Crippen LogP contribution < -0.4 is 10.9 Å². The van der Waals surface area contributed by atoms with Crippen molar-refractivity contribution >= 4 is 17.8 Å². The number of hydrogen-bond acceptors (Lipinski definition) is 3. The number of amides is 2. The molecule has 2 N–H and O–H groups in total. The predicted octanol–water partition coefficient (Wildman–Crippen LogP) is 3.10. The molecule has 0 radical (unpaired) electrons. The standard InChI is InChI=1S/C20H23N3O3/c24-19-18(11-4-12-21-19)22-20(25)23(15-17-10-6-14-26-17)13-5-9-16-7-2-1-3-8-16/h1-5,7-9,11-12,17H,6,10,13-15H2,(H,21,24)(H,22,25)/b9-5+. The Labute approximate surface area is 152 Å². The van der Waals surface area contributed by atoms with Gasteiger partial charge in [0.15, 0.2) is 0 Å². The molecule has 0 bridgehead atoms. The number of rotatable bonds is 6. The fraction of sp³-hybridized carbons (Fsp3) is 0.300. The van der Waals surface area contributed by atoms with Gasteiger partial charge in [0.05, 0.1) is 6.10 Å². The minimum Gasteiger partial charge on any atom is -0.376 e. The normalized spacial score (nSPS) is 16.7. The first-order valence-electron chi connectivity index (χ1n) is 8.79. The summed E-state index contributed by atoms with van der Waals surface area (Å²) < 4.78 is 5.66. The van der Waals surface area contributed by atoms with Crippen molar-refractivity contribution in [3.8, 4) is 0 Å². The number of ether oxygens (including phenoxy) is 1. The fourth-order valence-electron chi connectivity index (χ4n) is 2.87. The summed E-state index contributed by atoms with van der Waals surface area (Å²) in [5.41, 5.74) is 0.990. The van der Waals surface area contributed by atoms with E-state index in [2.05, 4.69) is 10.3 Å². The van der Waals surface area contributed by atoms with Crippen LogP contribution in [-0.4, -0.2) is 41.7 Å². The Hall–Kier alpha value is -2.86. The number of carbonyl (C=O) groups excluding carboxylic acids is 1. The minimum atomic E-state index is -0.322. The Balaban J connectivity index is 1.67. The SMILES string of the molecule is O=C(Nc1ccc[nH]c1=O)N(C/C=C/c1ccccc1)CC1CCCO1. The number of benzene rings is 1. The van der Waals surface area contributed by atoms with Crippen LogP contribution in [0.3, 0.4) is 0 Å². The van der Waals surface area contributed by atoms with E-state index >= 15 is 0 Å². The van der Waals surface area contributed by atoms with Gasteiger partial charge in [0.2, 0.25) is 0 Å². The Morgan fingerprint density at radius 3 is 2.85 bits per heavy atom. The Bertz CT molecular complexity index is 795. The molecule has 1 fully saturated rings. The number of H-pyrrole nitrogens is 1. The van der Waals surface area contributed by atoms with Crippen LogP contribution >= 0.6 is 0 Å². The number of aromatic nitrogens is 1. The molecule has 0 aliphatic carbocycles. The highest BCUT2D eigenvalue weighted by molar-refractivity contribution is 5.89. The molecule has 136 valence electrons. The summed E-state index contributed by atoms with van der Waals surface area (Å²) in [6.07, 6.45) is 7.45. The molecular weight excluding hydrogens is 330 g/mol. The molecule has 1 atom stereocenters. The number of carbonyl (C=O) groups is 1. The summed E-state index contributed by atoms with van der Waals surface area (Å²) in [5.74, 6) is 0. The van der Waals surface area contributed by atoms with E-state index < -0.39 is 0 Å². The molecule has 1 aliphatic rings. The van der Waals surface area contributed by atoms with Crippen LogP contribution in [0.15, 0.2) is 59.5 Å². The summed E-state index contributed by atoms with van der Waals surface area (Å²) in [4.78, 5) is 28.7. The maximum atomic E-state index is 12.7. The molecule has 26 heavy (non-hydrogen) atoms. The van der Waals surface area contributed by atoms with Crippen molar-refractivity contribution in [3.63, 3.8) is 0 Å². The van der Waals surface area contributed by atoms with Gasteiger partial charge in [-0.2, -0.15) is 0 Å². The van der Waals surface area contributed by atoms with E-state index in [1.54, 1.807) is 17.0 Å². The van der Waals surface area contributed by atoms with Crippen LogP contribution in [0.1, 0.15) is 18.4 Å². The number of pyridine rings is 1. The molecule has 2 heterocycles. The Morgan fingerprint density at radius 1 is 1.27 bits per heavy atom. The van der Waals surface area contributed by atoms with Crippen molar-refractivity contribution in [3.05, 3.63) is 70.7 Å². The van der Waals surface area contributed by atoms with Gasteiger partial charge in [-0.3, -0.25) is 4.79 Å². The summed E-state index contributed by atoms with van der Waals surface area (Å²) >= 11 is 0. The van der Waals surface area contributed by atoms with Crippen LogP contribution in [0.5, 0.6) is 0 Å². The van der Waals surface area contributed by atoms with Crippen LogP contribution in [0, 0.1) is 0 Å². The molecule has 0 spiro atoms. The molecule has 6 heteroatoms. The molecule has 1 saturated heterocycles. The average molecular weight is 353 g/mol. The highest BCUT2D eigenvalue weighted by atomic mass is 16.5. The predicted molar refractivity (Wildman–Crippen MR) is 102 cm³/mol. The van der Waals surface area contributed by atoms with E-state index in [4.69, 9.17) is 4.74 Å². The zero-order valence-corrected chi connectivity index (χ0v) is 14.6. The van der Waals surface area contributed by atoms with E-state index in [1.807, 2.05) is 42.5 Å². The first kappa shape index (κ1) is 17.9. The summed E-state index contributed by atoms with van der Waals surface area (Å²) in [7, 11) is 0. The van der Waals surface area contributed by atoms with Gasteiger partial charge in [0.25, 0.3) is 5.56 Å². The van der Waals surface area contributed by atoms with Crippen LogP contribution in [-0.2, 0) is 4.74 Å². The zero-order valence-electron chi connectivity index (χ0n) is 14.6. The molecule has 1 aromatic carbocycles. The number of anilines is 1. The second-order valence-corrected chi connectivity index (χ2v) is 6.20. The highest BCUT2D eigenvalue weighted by Gasteiger charge is 2.22. The van der Waals surface area contributed by atoms with Gasteiger partial charge >= 0.3 is 6.03 Å². The van der Waals surface area contributed by atoms with Crippen LogP contribution in [0.4, 0.5) is 10.5 Å². The number of hydrogen-bond donors (Lipinski definition) is 2. The number of aromatic amines is 1. The van der Waals surface area contributed by atoms with Crippen molar-refractivity contribution in [1.82, 2.24) is 9.88 Å². The lowest BCUT2D eigenvalue weighted by atomic mass is 10.2. The molecule has 2 aromatic rings. The largest absolute Gasteiger partial charge is 0.376 e. The van der Waals surface area contributed by atoms with Crippen LogP contribution in [0.25, 0.3) is 6.08 Å². The first-order chi connectivity index (χ1) is 12.7. The van der Waals surface area contributed by atoms with Gasteiger partial charge in [-0.15, -0.1) is 0 Å². The van der Waals surface area contributed by atoms with Crippen molar-refractivity contribution in [2.24, 2.45) is 0 Å². The van der Waals surface area contributed by atoms with Crippen molar-refractivity contribution in [2.75, 3.05) is 25.0 Å². The van der Waals surface area contributed by atoms with Crippen molar-refractivity contribution in [2.45, 2.75) is 18.9 Å². The quantitative estimate of drug-likeness (QED) is 0.838. The van der Waals surface area contributed by atoms with E-state index in [1.165, 1.54) is 6.20 Å². The molecular formula is C20H23N3O3. The molecule has 0 saturated carbocycles. The first-order valence-corrected chi connectivity index (χ1v) is 8.79. The lowest BCUT2D eigenvalue weighted by Gasteiger charge is -2.24. The monoisotopic (exact) mass is 353 g/mol. The lowest BCUT2D eigenvalue weighted by Crippen LogP contribution is -2.41. The highest BCUT2D eigenvalue weighted by Crippen LogP contribution is 2.14. The van der Waals surface area contributed by atoms with Gasteiger partial charge in [-0.25, -0.2) is 4.79 Å². The van der Waals surface area contributed by atoms with E-state index in [9.17, 15) is 9.59 Å². The molecule has 1 aromatic heterocycles. The number of urea groups is 1. The third kappa shape index (κ3) is 5.07. The number of nitrogens with zero attached hydrogens (tertiary/aromatic N) is 1. The molecule has 1 aliphatic heterocycles. The molecule has 3 rings (SSSR count). The topological polar surface area (TPSA) is 74.4 Å². The number of nitrogens with one attached hydrogen (secondary N) is 2. The van der Waals surface area contributed by atoms with E-state index in [0.717, 1.165) is 25.0 Å². The van der Waals surface area contributed by atoms with Gasteiger partial charge in [0, 0.05) is 25.9 Å². The van der Waals surface area contributed by atoms with Gasteiger partial charge in [-0.05, 0) is 30.5 Å². The summed E-state index contributed by atoms with van der Waals surface area (Å²) in [6, 6.07) is 12.9. The minimum absolute atomic E-state index is 0.0416. The molecule has 2 amide bonds. The molecule has 1 unspecified atom stereocenters. The Morgan fingerprint density at radius 2 is 2.12 bits per heavy atom. The third-order valence-corrected chi connectivity index (χ3v) is 4.23. The zero-order chi connectivity index (χ0) is 18.2. The van der Waals surface area contributed by atoms with Gasteiger partial charge in [0.1, 0.15) is 5.69 Å². The van der Waals surface area contributed by atoms with Crippen molar-refractivity contribution < 1.29 is 9.53 Å². The fourth-order valence-corrected chi connectivity index (χ4v) is 2.87. The van der Waals surface area contributed by atoms with E-state index in [-0.39, 0.29) is 23.4 Å².